The molecular weight excluding hydrogens is 1010 g/mol. The van der Waals surface area contributed by atoms with E-state index >= 15 is 0 Å². The van der Waals surface area contributed by atoms with E-state index in [9.17, 15) is 0 Å². The van der Waals surface area contributed by atoms with Crippen molar-refractivity contribution in [2.75, 3.05) is 0 Å². The van der Waals surface area contributed by atoms with Gasteiger partial charge in [0.05, 0.1) is 0 Å². The van der Waals surface area contributed by atoms with Crippen molar-refractivity contribution in [2.24, 2.45) is 0 Å². The monoisotopic (exact) mass is 1060 g/mol. The summed E-state index contributed by atoms with van der Waals surface area (Å²) in [5.74, 6) is 0. The van der Waals surface area contributed by atoms with Crippen LogP contribution in [0, 0.1) is 0 Å². The molecule has 0 saturated carbocycles. The Bertz CT molecular complexity index is 5790. The molecule has 0 saturated heterocycles. The maximum atomic E-state index is 2.40. The Morgan fingerprint density at radius 3 is 0.690 bits per heavy atom. The van der Waals surface area contributed by atoms with Gasteiger partial charge in [-0.05, 0) is 201 Å². The molecule has 0 fully saturated rings. The van der Waals surface area contributed by atoms with Gasteiger partial charge < -0.3 is 0 Å². The minimum absolute atomic E-state index is 1.28. The molecule has 20 aromatic carbocycles. The summed E-state index contributed by atoms with van der Waals surface area (Å²) < 4.78 is 0. The molecule has 0 aliphatic carbocycles. The molecule has 0 radical (unpaired) electrons. The second kappa shape index (κ2) is 17.3. The summed E-state index contributed by atoms with van der Waals surface area (Å²) in [6, 6.07) is 109. The lowest BCUT2D eigenvalue weighted by atomic mass is 9.85. The zero-order valence-electron chi connectivity index (χ0n) is 45.7. The Hall–Kier alpha value is -10.9. The van der Waals surface area contributed by atoms with E-state index in [2.05, 4.69) is 291 Å². The summed E-state index contributed by atoms with van der Waals surface area (Å²) in [6.07, 6.45) is 0. The van der Waals surface area contributed by atoms with Crippen LogP contribution in [0.1, 0.15) is 0 Å². The first-order chi connectivity index (χ1) is 41.7. The van der Waals surface area contributed by atoms with Crippen LogP contribution < -0.4 is 0 Å². The van der Waals surface area contributed by atoms with Crippen LogP contribution in [0.15, 0.2) is 291 Å². The second-order valence-corrected chi connectivity index (χ2v) is 23.3. The SMILES string of the molecule is c1cc2ccc3ccc(-c4ccc(-c5cc6cccc7ccc8cccc5c8c76)c5ccccc45)c4ccc(c1)c2c34.c1cc2ccc3ccc(-c4cccc5c(-c6ccc7ccc8cccc9ccc6c7c89)cccc45)c4ccc(c1)c2c34. The molecule has 0 nitrogen and oxygen atoms in total. The largest absolute Gasteiger partial charge is 0.0616 e. The summed E-state index contributed by atoms with van der Waals surface area (Å²) in [5, 5.41) is 36.9. The predicted octanol–water partition coefficient (Wildman–Crippen LogP) is 23.9. The zero-order valence-corrected chi connectivity index (χ0v) is 45.7. The molecule has 0 aromatic heterocycles. The van der Waals surface area contributed by atoms with Crippen molar-refractivity contribution >= 4 is 151 Å². The maximum absolute atomic E-state index is 2.40. The minimum Gasteiger partial charge on any atom is -0.0616 e. The lowest BCUT2D eigenvalue weighted by Crippen LogP contribution is -1.91. The first kappa shape index (κ1) is 45.8. The van der Waals surface area contributed by atoms with Crippen LogP contribution in [-0.4, -0.2) is 0 Å². The summed E-state index contributed by atoms with van der Waals surface area (Å²) >= 11 is 0. The quantitative estimate of drug-likeness (QED) is 0.154. The van der Waals surface area contributed by atoms with Gasteiger partial charge in [0, 0.05) is 0 Å². The number of rotatable bonds is 4. The summed E-state index contributed by atoms with van der Waals surface area (Å²) in [7, 11) is 0. The molecule has 0 bridgehead atoms. The van der Waals surface area contributed by atoms with Gasteiger partial charge in [0.25, 0.3) is 0 Å². The van der Waals surface area contributed by atoms with Gasteiger partial charge in [-0.3, -0.25) is 0 Å². The fourth-order valence-electron chi connectivity index (χ4n) is 15.4. The highest BCUT2D eigenvalue weighted by molar-refractivity contribution is 6.31. The fourth-order valence-corrected chi connectivity index (χ4v) is 15.4. The van der Waals surface area contributed by atoms with Crippen LogP contribution >= 0.6 is 0 Å². The highest BCUT2D eigenvalue weighted by Gasteiger charge is 2.21. The van der Waals surface area contributed by atoms with Gasteiger partial charge >= 0.3 is 0 Å². The van der Waals surface area contributed by atoms with Crippen LogP contribution in [0.5, 0.6) is 0 Å². The van der Waals surface area contributed by atoms with Crippen molar-refractivity contribution < 1.29 is 0 Å². The first-order valence-electron chi connectivity index (χ1n) is 29.4. The van der Waals surface area contributed by atoms with Crippen molar-refractivity contribution in [1.82, 2.24) is 0 Å². The van der Waals surface area contributed by atoms with Gasteiger partial charge in [-0.2, -0.15) is 0 Å². The van der Waals surface area contributed by atoms with Gasteiger partial charge in [-0.15, -0.1) is 0 Å². The standard InChI is InChI=1S/2C42H24/c1-5-25-13-15-29-17-21-35(37-23-19-27(7-1)39(25)41(29)37)33-11-3-10-32-31(33)9-4-12-34(32)36-22-18-30-16-14-26-6-2-8-28-20-24-38(36)42(30)40(26)28;1-2-12-32-31(11-1)33(34-20-18-29-17-15-25-6-3-7-27-19-21-37(34)42(29)39(25)27)22-23-35(32)38-24-30-10-4-8-26-14-16-28-9-5-13-36(38)41(28)40(26)30/h2*1-24H. The summed E-state index contributed by atoms with van der Waals surface area (Å²) in [5.41, 5.74) is 10.3. The Labute approximate surface area is 483 Å². The van der Waals surface area contributed by atoms with E-state index in [0.29, 0.717) is 0 Å². The van der Waals surface area contributed by atoms with Crippen molar-refractivity contribution in [1.29, 1.82) is 0 Å². The second-order valence-electron chi connectivity index (χ2n) is 23.3. The minimum atomic E-state index is 1.28. The maximum Gasteiger partial charge on any atom is -0.00206 e. The van der Waals surface area contributed by atoms with E-state index in [1.165, 1.54) is 195 Å². The van der Waals surface area contributed by atoms with Crippen LogP contribution in [0.4, 0.5) is 0 Å². The van der Waals surface area contributed by atoms with Gasteiger partial charge in [-0.1, -0.05) is 285 Å². The molecule has 0 aliphatic heterocycles. The van der Waals surface area contributed by atoms with Gasteiger partial charge in [0.2, 0.25) is 0 Å². The van der Waals surface area contributed by atoms with Gasteiger partial charge in [0.1, 0.15) is 0 Å². The molecule has 0 amide bonds. The molecule has 0 heteroatoms. The summed E-state index contributed by atoms with van der Waals surface area (Å²) in [6.45, 7) is 0. The third-order valence-electron chi connectivity index (χ3n) is 19.1. The van der Waals surface area contributed by atoms with Crippen LogP contribution in [-0.2, 0) is 0 Å². The van der Waals surface area contributed by atoms with E-state index in [-0.39, 0.29) is 0 Å². The predicted molar refractivity (Wildman–Crippen MR) is 364 cm³/mol. The molecule has 384 valence electrons. The third kappa shape index (κ3) is 6.43. The normalized spacial score (nSPS) is 12.3. The van der Waals surface area contributed by atoms with Crippen LogP contribution in [0.2, 0.25) is 0 Å². The smallest absolute Gasteiger partial charge is 0.00206 e. The first-order valence-corrected chi connectivity index (χ1v) is 29.4. The molecule has 0 N–H and O–H groups in total. The van der Waals surface area contributed by atoms with E-state index in [0.717, 1.165) is 0 Å². The molecule has 84 heavy (non-hydrogen) atoms. The molecule has 0 unspecified atom stereocenters. The topological polar surface area (TPSA) is 0 Å². The molecular formula is C84H48. The molecule has 0 spiro atoms. The average Bonchev–Trinajstić information content (AvgIpc) is 3.47. The zero-order chi connectivity index (χ0) is 54.7. The van der Waals surface area contributed by atoms with E-state index in [1.807, 2.05) is 0 Å². The Morgan fingerprint density at radius 1 is 0.107 bits per heavy atom. The van der Waals surface area contributed by atoms with E-state index in [4.69, 9.17) is 0 Å². The highest BCUT2D eigenvalue weighted by atomic mass is 14.2. The Balaban J connectivity index is 0.000000124. The molecule has 0 aliphatic rings. The average molecular weight is 1060 g/mol. The molecule has 0 heterocycles. The molecule has 20 aromatic rings. The highest BCUT2D eigenvalue weighted by Crippen LogP contribution is 2.48. The van der Waals surface area contributed by atoms with Crippen molar-refractivity contribution in [3.8, 4) is 44.5 Å². The fraction of sp³-hybridized carbons (Fsp3) is 0. The van der Waals surface area contributed by atoms with E-state index in [1.54, 1.807) is 0 Å². The molecule has 20 rings (SSSR count). The number of hydrogen-bond donors (Lipinski definition) is 0. The summed E-state index contributed by atoms with van der Waals surface area (Å²) in [4.78, 5) is 0. The van der Waals surface area contributed by atoms with Crippen molar-refractivity contribution in [3.05, 3.63) is 291 Å². The lowest BCUT2D eigenvalue weighted by Gasteiger charge is -2.18. The Morgan fingerprint density at radius 2 is 0.310 bits per heavy atom. The van der Waals surface area contributed by atoms with Crippen LogP contribution in [0.25, 0.3) is 195 Å². The van der Waals surface area contributed by atoms with Crippen molar-refractivity contribution in [3.63, 3.8) is 0 Å². The third-order valence-corrected chi connectivity index (χ3v) is 19.1. The number of hydrogen-bond acceptors (Lipinski definition) is 0. The van der Waals surface area contributed by atoms with Crippen molar-refractivity contribution in [2.45, 2.75) is 0 Å². The number of benzene rings is 20. The van der Waals surface area contributed by atoms with Crippen LogP contribution in [0.3, 0.4) is 0 Å². The Kier molecular flexibility index (Phi) is 9.43. The molecule has 0 atom stereocenters. The van der Waals surface area contributed by atoms with Gasteiger partial charge in [0.15, 0.2) is 0 Å². The van der Waals surface area contributed by atoms with Gasteiger partial charge in [-0.25, -0.2) is 0 Å². The lowest BCUT2D eigenvalue weighted by molar-refractivity contribution is 1.68. The van der Waals surface area contributed by atoms with E-state index < -0.39 is 0 Å². The number of fused-ring (bicyclic) bond motifs is 2.